The smallest absolute Gasteiger partial charge is 0.333 e. The number of hydrogen-bond acceptors (Lipinski definition) is 4. The first-order chi connectivity index (χ1) is 10.0. The van der Waals surface area contributed by atoms with E-state index in [0.717, 1.165) is 44.3 Å². The predicted molar refractivity (Wildman–Crippen MR) is 83.5 cm³/mol. The minimum Gasteiger partial charge on any atom is -0.422 e. The molecule has 21 heavy (non-hydrogen) atoms. The molecular weight excluding hydrogens is 268 g/mol. The molecular formula is C17H28O4. The normalized spacial score (nSPS) is 13.3. The highest BCUT2D eigenvalue weighted by Gasteiger charge is 2.28. The van der Waals surface area contributed by atoms with Gasteiger partial charge in [0.2, 0.25) is 0 Å². The fraction of sp³-hybridized carbons (Fsp3) is 0.647. The van der Waals surface area contributed by atoms with E-state index >= 15 is 0 Å². The van der Waals surface area contributed by atoms with Gasteiger partial charge in [0.1, 0.15) is 0 Å². The highest BCUT2D eigenvalue weighted by molar-refractivity contribution is 5.83. The maximum atomic E-state index is 11.4. The lowest BCUT2D eigenvalue weighted by Crippen LogP contribution is -2.32. The number of esters is 2. The monoisotopic (exact) mass is 296 g/mol. The summed E-state index contributed by atoms with van der Waals surface area (Å²) in [6.45, 7) is 13.0. The van der Waals surface area contributed by atoms with Gasteiger partial charge < -0.3 is 9.47 Å². The van der Waals surface area contributed by atoms with E-state index in [2.05, 4.69) is 27.0 Å². The zero-order chi connectivity index (χ0) is 16.3. The molecule has 0 rings (SSSR count). The molecule has 0 radical (unpaired) electrons. The highest BCUT2D eigenvalue weighted by Crippen LogP contribution is 2.27. The van der Waals surface area contributed by atoms with E-state index < -0.39 is 18.2 Å². The van der Waals surface area contributed by atoms with E-state index in [9.17, 15) is 9.59 Å². The third kappa shape index (κ3) is 7.69. The van der Waals surface area contributed by atoms with Crippen LogP contribution in [0.15, 0.2) is 25.3 Å². The Morgan fingerprint density at radius 3 is 1.86 bits per heavy atom. The van der Waals surface area contributed by atoms with Gasteiger partial charge in [-0.25, -0.2) is 9.59 Å². The Morgan fingerprint density at radius 2 is 1.52 bits per heavy atom. The molecule has 2 atom stereocenters. The Morgan fingerprint density at radius 1 is 1.00 bits per heavy atom. The van der Waals surface area contributed by atoms with Crippen molar-refractivity contribution in [1.29, 1.82) is 0 Å². The van der Waals surface area contributed by atoms with Gasteiger partial charge in [0.05, 0.1) is 0 Å². The molecule has 0 spiro atoms. The number of carbonyl (C=O) groups is 2. The molecule has 0 saturated carbocycles. The van der Waals surface area contributed by atoms with Crippen molar-refractivity contribution >= 4 is 11.9 Å². The van der Waals surface area contributed by atoms with Crippen molar-refractivity contribution in [2.75, 3.05) is 0 Å². The Balaban J connectivity index is 4.93. The highest BCUT2D eigenvalue weighted by atomic mass is 16.7. The first-order valence-corrected chi connectivity index (χ1v) is 7.68. The van der Waals surface area contributed by atoms with Gasteiger partial charge in [0.15, 0.2) is 0 Å². The molecule has 0 aliphatic rings. The Hall–Kier alpha value is -1.58. The fourth-order valence-corrected chi connectivity index (χ4v) is 2.34. The predicted octanol–water partition coefficient (Wildman–Crippen LogP) is 4.01. The van der Waals surface area contributed by atoms with Crippen molar-refractivity contribution in [3.8, 4) is 0 Å². The first kappa shape index (κ1) is 19.4. The van der Waals surface area contributed by atoms with Gasteiger partial charge in [-0.2, -0.15) is 0 Å². The van der Waals surface area contributed by atoms with Crippen molar-refractivity contribution in [1.82, 2.24) is 0 Å². The lowest BCUT2D eigenvalue weighted by molar-refractivity contribution is -0.192. The van der Waals surface area contributed by atoms with Crippen molar-refractivity contribution < 1.29 is 19.1 Å². The fourth-order valence-electron chi connectivity index (χ4n) is 2.34. The SMILES string of the molecule is C=CC(=O)OC(OC(=O)C=C)C(CC)CC(CC)CCC. The molecule has 0 heterocycles. The summed E-state index contributed by atoms with van der Waals surface area (Å²) in [5.41, 5.74) is 0. The zero-order valence-corrected chi connectivity index (χ0v) is 13.5. The minimum atomic E-state index is -0.878. The van der Waals surface area contributed by atoms with Crippen LogP contribution in [0.2, 0.25) is 0 Å². The van der Waals surface area contributed by atoms with Gasteiger partial charge >= 0.3 is 11.9 Å². The van der Waals surface area contributed by atoms with Gasteiger partial charge in [-0.05, 0) is 18.8 Å². The molecule has 0 aromatic heterocycles. The van der Waals surface area contributed by atoms with Crippen molar-refractivity contribution in [3.05, 3.63) is 25.3 Å². The van der Waals surface area contributed by atoms with Gasteiger partial charge in [-0.3, -0.25) is 0 Å². The van der Waals surface area contributed by atoms with Crippen LogP contribution in [0, 0.1) is 11.8 Å². The van der Waals surface area contributed by atoms with Crippen LogP contribution in [-0.2, 0) is 19.1 Å². The average Bonchev–Trinajstić information content (AvgIpc) is 2.50. The molecule has 0 bridgehead atoms. The maximum absolute atomic E-state index is 11.4. The molecule has 120 valence electrons. The van der Waals surface area contributed by atoms with Gasteiger partial charge in [0.25, 0.3) is 6.29 Å². The van der Waals surface area contributed by atoms with Crippen LogP contribution in [0.3, 0.4) is 0 Å². The molecule has 0 aromatic rings. The second-order valence-corrected chi connectivity index (χ2v) is 5.12. The van der Waals surface area contributed by atoms with E-state index in [0.29, 0.717) is 5.92 Å². The third-order valence-corrected chi connectivity index (χ3v) is 3.62. The number of carbonyl (C=O) groups excluding carboxylic acids is 2. The summed E-state index contributed by atoms with van der Waals surface area (Å²) in [7, 11) is 0. The van der Waals surface area contributed by atoms with Crippen LogP contribution in [0.5, 0.6) is 0 Å². The Kier molecular flexibility index (Phi) is 10.3. The van der Waals surface area contributed by atoms with Crippen LogP contribution in [0.1, 0.15) is 52.9 Å². The van der Waals surface area contributed by atoms with Gasteiger partial charge in [-0.15, -0.1) is 0 Å². The maximum Gasteiger partial charge on any atom is 0.333 e. The topological polar surface area (TPSA) is 52.6 Å². The summed E-state index contributed by atoms with van der Waals surface area (Å²) in [6.07, 6.45) is 6.18. The molecule has 0 aromatic carbocycles. The molecule has 0 amide bonds. The van der Waals surface area contributed by atoms with E-state index in [-0.39, 0.29) is 5.92 Å². The van der Waals surface area contributed by atoms with Gasteiger partial charge in [-0.1, -0.05) is 53.2 Å². The number of ether oxygens (including phenoxy) is 2. The summed E-state index contributed by atoms with van der Waals surface area (Å²) in [5, 5.41) is 0. The Labute approximate surface area is 128 Å². The van der Waals surface area contributed by atoms with Gasteiger partial charge in [0, 0.05) is 18.1 Å². The molecule has 4 nitrogen and oxygen atoms in total. The van der Waals surface area contributed by atoms with Crippen LogP contribution in [0.25, 0.3) is 0 Å². The largest absolute Gasteiger partial charge is 0.422 e. The molecule has 0 aliphatic heterocycles. The summed E-state index contributed by atoms with van der Waals surface area (Å²) < 4.78 is 10.4. The average molecular weight is 296 g/mol. The summed E-state index contributed by atoms with van der Waals surface area (Å²) in [5.74, 6) is -0.653. The first-order valence-electron chi connectivity index (χ1n) is 7.68. The molecule has 0 aliphatic carbocycles. The number of rotatable bonds is 11. The molecule has 4 heteroatoms. The number of hydrogen-bond donors (Lipinski definition) is 0. The lowest BCUT2D eigenvalue weighted by atomic mass is 9.87. The quantitative estimate of drug-likeness (QED) is 0.328. The lowest BCUT2D eigenvalue weighted by Gasteiger charge is -2.28. The van der Waals surface area contributed by atoms with E-state index in [1.165, 1.54) is 0 Å². The molecule has 0 saturated heterocycles. The summed E-state index contributed by atoms with van der Waals surface area (Å²) in [4.78, 5) is 22.9. The van der Waals surface area contributed by atoms with Crippen LogP contribution in [-0.4, -0.2) is 18.2 Å². The molecule has 0 fully saturated rings. The van der Waals surface area contributed by atoms with E-state index in [1.54, 1.807) is 0 Å². The van der Waals surface area contributed by atoms with E-state index in [4.69, 9.17) is 9.47 Å². The van der Waals surface area contributed by atoms with Crippen molar-refractivity contribution in [2.24, 2.45) is 11.8 Å². The van der Waals surface area contributed by atoms with Crippen LogP contribution >= 0.6 is 0 Å². The minimum absolute atomic E-state index is 0.0192. The van der Waals surface area contributed by atoms with E-state index in [1.807, 2.05) is 6.92 Å². The van der Waals surface area contributed by atoms with Crippen molar-refractivity contribution in [3.63, 3.8) is 0 Å². The summed E-state index contributed by atoms with van der Waals surface area (Å²) >= 11 is 0. The molecule has 0 N–H and O–H groups in total. The summed E-state index contributed by atoms with van der Waals surface area (Å²) in [6, 6.07) is 0. The second-order valence-electron chi connectivity index (χ2n) is 5.12. The zero-order valence-electron chi connectivity index (χ0n) is 13.5. The molecule has 2 unspecified atom stereocenters. The second kappa shape index (κ2) is 11.1. The van der Waals surface area contributed by atoms with Crippen molar-refractivity contribution in [2.45, 2.75) is 59.2 Å². The van der Waals surface area contributed by atoms with Crippen LogP contribution in [0.4, 0.5) is 0 Å². The van der Waals surface area contributed by atoms with Crippen LogP contribution < -0.4 is 0 Å². The third-order valence-electron chi connectivity index (χ3n) is 3.62. The Bertz CT molecular complexity index is 327. The standard InChI is InChI=1S/C17H28O4/c1-6-11-13(7-2)12-14(8-3)17(20-15(18)9-4)21-16(19)10-5/h9-10,13-14,17H,4-8,11-12H2,1-3H3.